The Labute approximate surface area is 170 Å². The first-order valence-corrected chi connectivity index (χ1v) is 10.3. The van der Waals surface area contributed by atoms with Crippen molar-refractivity contribution in [2.45, 2.75) is 50.4 Å². The molecule has 7 nitrogen and oxygen atoms in total. The number of nitriles is 2. The van der Waals surface area contributed by atoms with Gasteiger partial charge in [-0.25, -0.2) is 0 Å². The molecule has 0 spiro atoms. The zero-order valence-electron chi connectivity index (χ0n) is 16.4. The van der Waals surface area contributed by atoms with E-state index in [0.717, 1.165) is 31.5 Å². The summed E-state index contributed by atoms with van der Waals surface area (Å²) in [4.78, 5) is 31.8. The van der Waals surface area contributed by atoms with Gasteiger partial charge in [0.25, 0.3) is 0 Å². The van der Waals surface area contributed by atoms with E-state index < -0.39 is 0 Å². The Morgan fingerprint density at radius 3 is 2.83 bits per heavy atom. The van der Waals surface area contributed by atoms with Gasteiger partial charge < -0.3 is 9.80 Å². The van der Waals surface area contributed by atoms with Crippen molar-refractivity contribution in [3.8, 4) is 12.1 Å². The number of hydrogen-bond acceptors (Lipinski definition) is 5. The fourth-order valence-corrected chi connectivity index (χ4v) is 5.50. The maximum absolute atomic E-state index is 13.0. The van der Waals surface area contributed by atoms with Gasteiger partial charge >= 0.3 is 0 Å². The minimum Gasteiger partial charge on any atom is -0.323 e. The van der Waals surface area contributed by atoms with Crippen LogP contribution in [0.2, 0.25) is 0 Å². The molecule has 4 aliphatic rings. The Morgan fingerprint density at radius 1 is 1.28 bits per heavy atom. The van der Waals surface area contributed by atoms with E-state index in [-0.39, 0.29) is 41.9 Å². The Bertz CT molecular complexity index is 963. The van der Waals surface area contributed by atoms with Gasteiger partial charge in [-0.2, -0.15) is 10.5 Å². The Balaban J connectivity index is 1.26. The summed E-state index contributed by atoms with van der Waals surface area (Å²) in [6.45, 7) is 3.19. The number of piperazine rings is 1. The van der Waals surface area contributed by atoms with E-state index in [1.165, 1.54) is 0 Å². The van der Waals surface area contributed by atoms with Gasteiger partial charge in [0.2, 0.25) is 11.8 Å². The number of piperidine rings is 1. The van der Waals surface area contributed by atoms with E-state index in [2.05, 4.69) is 17.0 Å². The summed E-state index contributed by atoms with van der Waals surface area (Å²) in [7, 11) is 0. The molecule has 1 aromatic carbocycles. The van der Waals surface area contributed by atoms with Gasteiger partial charge in [0.05, 0.1) is 29.8 Å². The van der Waals surface area contributed by atoms with E-state index in [1.807, 2.05) is 22.8 Å². The smallest absolute Gasteiger partial charge is 0.244 e. The maximum Gasteiger partial charge on any atom is 0.244 e. The predicted octanol–water partition coefficient (Wildman–Crippen LogP) is 1.50. The summed E-state index contributed by atoms with van der Waals surface area (Å²) >= 11 is 0. The maximum atomic E-state index is 13.0. The van der Waals surface area contributed by atoms with Crippen molar-refractivity contribution in [2.24, 2.45) is 11.8 Å². The van der Waals surface area contributed by atoms with E-state index >= 15 is 0 Å². The fraction of sp³-hybridized carbons (Fsp3) is 0.545. The number of rotatable bonds is 4. The molecule has 2 amide bonds. The van der Waals surface area contributed by atoms with E-state index in [1.54, 1.807) is 18.2 Å². The summed E-state index contributed by atoms with van der Waals surface area (Å²) in [6, 6.07) is 11.4. The Morgan fingerprint density at radius 2 is 2.10 bits per heavy atom. The van der Waals surface area contributed by atoms with Crippen LogP contribution in [0.3, 0.4) is 0 Å². The standard InChI is InChI=1S/C22H23N5O2/c1-13(21(28)27-17(10-24)6-15-7-19(15)27)11-25-12-18-8-20(25)22(29)26(18)16-4-2-3-14(5-16)9-23/h2-5,13,15,17-20H,6-8,11-12H2,1H3/t13-,15+,17-,18-,19?,20-/m0/s1. The van der Waals surface area contributed by atoms with Crippen LogP contribution in [-0.2, 0) is 9.59 Å². The summed E-state index contributed by atoms with van der Waals surface area (Å²) in [5, 5.41) is 18.5. The van der Waals surface area contributed by atoms with Crippen LogP contribution in [0.15, 0.2) is 24.3 Å². The molecule has 29 heavy (non-hydrogen) atoms. The van der Waals surface area contributed by atoms with Crippen LogP contribution in [0.1, 0.15) is 31.7 Å². The van der Waals surface area contributed by atoms with Gasteiger partial charge in [0.1, 0.15) is 6.04 Å². The highest BCUT2D eigenvalue weighted by Crippen LogP contribution is 2.48. The van der Waals surface area contributed by atoms with Crippen molar-refractivity contribution >= 4 is 17.5 Å². The molecule has 2 bridgehead atoms. The number of anilines is 1. The van der Waals surface area contributed by atoms with E-state index in [0.29, 0.717) is 18.0 Å². The lowest BCUT2D eigenvalue weighted by Crippen LogP contribution is -2.53. The third kappa shape index (κ3) is 2.81. The number of hydrogen-bond donors (Lipinski definition) is 0. The highest BCUT2D eigenvalue weighted by atomic mass is 16.2. The third-order valence-corrected chi connectivity index (χ3v) is 6.96. The van der Waals surface area contributed by atoms with Crippen LogP contribution in [0.4, 0.5) is 5.69 Å². The molecule has 1 unspecified atom stereocenters. The summed E-state index contributed by atoms with van der Waals surface area (Å²) in [5.74, 6) is 0.385. The predicted molar refractivity (Wildman–Crippen MR) is 104 cm³/mol. The monoisotopic (exact) mass is 389 g/mol. The first-order chi connectivity index (χ1) is 14.0. The summed E-state index contributed by atoms with van der Waals surface area (Å²) in [6.07, 6.45) is 2.59. The molecular weight excluding hydrogens is 366 g/mol. The second-order valence-corrected chi connectivity index (χ2v) is 8.82. The van der Waals surface area contributed by atoms with Crippen molar-refractivity contribution in [3.05, 3.63) is 29.8 Å². The van der Waals surface area contributed by atoms with Crippen LogP contribution >= 0.6 is 0 Å². The highest BCUT2D eigenvalue weighted by molar-refractivity contribution is 6.01. The number of amides is 2. The number of likely N-dealkylation sites (tertiary alicyclic amines) is 2. The van der Waals surface area contributed by atoms with Crippen LogP contribution in [0, 0.1) is 34.5 Å². The zero-order valence-corrected chi connectivity index (χ0v) is 16.4. The number of benzene rings is 1. The molecule has 3 aliphatic heterocycles. The highest BCUT2D eigenvalue weighted by Gasteiger charge is 2.55. The van der Waals surface area contributed by atoms with Crippen LogP contribution in [0.25, 0.3) is 0 Å². The van der Waals surface area contributed by atoms with Crippen LogP contribution in [0.5, 0.6) is 0 Å². The molecule has 7 heteroatoms. The lowest BCUT2D eigenvalue weighted by atomic mass is 10.1. The number of fused-ring (bicyclic) bond motifs is 3. The normalized spacial score (nSPS) is 33.3. The minimum absolute atomic E-state index is 0.0503. The molecule has 3 saturated heterocycles. The quantitative estimate of drug-likeness (QED) is 0.778. The SMILES string of the molecule is C[C@@H](CN1C[C@@H]2C[C@H]1C(=O)N2c1cccc(C#N)c1)C(=O)N1C2C[C@H]2C[C@H]1C#N. The van der Waals surface area contributed by atoms with Crippen LogP contribution < -0.4 is 4.90 Å². The van der Waals surface area contributed by atoms with Crippen molar-refractivity contribution in [1.82, 2.24) is 9.80 Å². The summed E-state index contributed by atoms with van der Waals surface area (Å²) < 4.78 is 0. The summed E-state index contributed by atoms with van der Waals surface area (Å²) in [5.41, 5.74) is 1.32. The van der Waals surface area contributed by atoms with Gasteiger partial charge in [-0.3, -0.25) is 14.5 Å². The van der Waals surface area contributed by atoms with Crippen molar-refractivity contribution in [3.63, 3.8) is 0 Å². The molecule has 5 rings (SSSR count). The second kappa shape index (κ2) is 6.57. The Kier molecular flexibility index (Phi) is 4.11. The van der Waals surface area contributed by atoms with Gasteiger partial charge in [0.15, 0.2) is 0 Å². The molecule has 1 saturated carbocycles. The second-order valence-electron chi connectivity index (χ2n) is 8.82. The molecule has 6 atom stereocenters. The van der Waals surface area contributed by atoms with Crippen molar-refractivity contribution < 1.29 is 9.59 Å². The van der Waals surface area contributed by atoms with Crippen molar-refractivity contribution in [2.75, 3.05) is 18.0 Å². The lowest BCUT2D eigenvalue weighted by molar-refractivity contribution is -0.137. The fourth-order valence-electron chi connectivity index (χ4n) is 5.50. The largest absolute Gasteiger partial charge is 0.323 e. The number of nitrogens with zero attached hydrogens (tertiary/aromatic N) is 5. The molecular formula is C22H23N5O2. The van der Waals surface area contributed by atoms with Gasteiger partial charge in [-0.05, 0) is 43.4 Å². The first-order valence-electron chi connectivity index (χ1n) is 10.3. The van der Waals surface area contributed by atoms with Gasteiger partial charge in [-0.15, -0.1) is 0 Å². The first kappa shape index (κ1) is 18.1. The molecule has 3 heterocycles. The van der Waals surface area contributed by atoms with E-state index in [4.69, 9.17) is 5.26 Å². The lowest BCUT2D eigenvalue weighted by Gasteiger charge is -2.35. The Hall–Kier alpha value is -2.90. The molecule has 4 fully saturated rings. The number of carbonyl (C=O) groups is 2. The zero-order chi connectivity index (χ0) is 20.3. The molecule has 0 radical (unpaired) electrons. The minimum atomic E-state index is -0.284. The van der Waals surface area contributed by atoms with Crippen LogP contribution in [-0.4, -0.2) is 58.9 Å². The average molecular weight is 389 g/mol. The topological polar surface area (TPSA) is 91.4 Å². The van der Waals surface area contributed by atoms with Crippen molar-refractivity contribution in [1.29, 1.82) is 10.5 Å². The van der Waals surface area contributed by atoms with Gasteiger partial charge in [0, 0.05) is 30.7 Å². The third-order valence-electron chi connectivity index (χ3n) is 6.96. The molecule has 1 aliphatic carbocycles. The average Bonchev–Trinajstić information content (AvgIpc) is 3.07. The molecule has 0 aromatic heterocycles. The number of carbonyl (C=O) groups excluding carboxylic acids is 2. The molecule has 1 aromatic rings. The molecule has 148 valence electrons. The van der Waals surface area contributed by atoms with E-state index in [9.17, 15) is 14.9 Å². The van der Waals surface area contributed by atoms with Gasteiger partial charge in [-0.1, -0.05) is 13.0 Å². The molecule has 0 N–H and O–H groups in total.